The van der Waals surface area contributed by atoms with Crippen molar-refractivity contribution in [2.75, 3.05) is 13.1 Å². The topological polar surface area (TPSA) is 154 Å². The fourth-order valence-corrected chi connectivity index (χ4v) is 7.07. The van der Waals surface area contributed by atoms with Crippen molar-refractivity contribution in [2.24, 2.45) is 32.7 Å². The maximum Gasteiger partial charge on any atom is 0.336 e. The fourth-order valence-electron chi connectivity index (χ4n) is 7.07. The van der Waals surface area contributed by atoms with Crippen LogP contribution < -0.4 is 17.1 Å². The lowest BCUT2D eigenvalue weighted by molar-refractivity contribution is 0.202. The summed E-state index contributed by atoms with van der Waals surface area (Å²) in [5.74, 6) is 0.587. The molecule has 40 heavy (non-hydrogen) atoms. The number of aromatic nitrogens is 3. The zero-order valence-electron chi connectivity index (χ0n) is 23.1. The Balaban J connectivity index is 1.67. The standard InChI is InChI=1S/C28H38N6O6/c1-19(31-18-37)22-6-12-25(13-7-22)34-27(39)32(23-8-2-20(3-9-23)14-29-16-35)26(38)33(28(34)40)24-10-4-21(5-11-24)15-30-17-36/h19-25H,2-15H2,1H3. The molecule has 0 aliphatic heterocycles. The molecule has 12 nitrogen and oxygen atoms in total. The Hall–Kier alpha value is -3.45. The molecular formula is C28H38N6O6. The van der Waals surface area contributed by atoms with Gasteiger partial charge in [-0.1, -0.05) is 0 Å². The molecule has 12 heteroatoms. The summed E-state index contributed by atoms with van der Waals surface area (Å²) in [7, 11) is 0. The van der Waals surface area contributed by atoms with E-state index in [1.165, 1.54) is 13.7 Å². The second-order valence-electron chi connectivity index (χ2n) is 11.7. The fraction of sp³-hybridized carbons (Fsp3) is 0.786. The number of carbonyl (C=O) groups excluding carboxylic acids is 3. The van der Waals surface area contributed by atoms with Crippen LogP contribution >= 0.6 is 0 Å². The number of rotatable bonds is 9. The van der Waals surface area contributed by atoms with Gasteiger partial charge in [-0.05, 0) is 102 Å². The lowest BCUT2D eigenvalue weighted by atomic mass is 9.82. The van der Waals surface area contributed by atoms with Gasteiger partial charge in [-0.3, -0.25) is 0 Å². The highest BCUT2D eigenvalue weighted by Crippen LogP contribution is 2.35. The second kappa shape index (κ2) is 13.8. The number of aliphatic imine (C=N–C) groups is 3. The molecule has 1 heterocycles. The minimum atomic E-state index is -0.544. The van der Waals surface area contributed by atoms with Crippen molar-refractivity contribution in [1.82, 2.24) is 13.7 Å². The minimum Gasteiger partial charge on any atom is -0.247 e. The molecule has 0 saturated heterocycles. The Labute approximate surface area is 231 Å². The van der Waals surface area contributed by atoms with Gasteiger partial charge in [-0.15, -0.1) is 0 Å². The van der Waals surface area contributed by atoms with E-state index in [2.05, 4.69) is 15.0 Å². The highest BCUT2D eigenvalue weighted by molar-refractivity contribution is 5.33. The maximum atomic E-state index is 13.9. The summed E-state index contributed by atoms with van der Waals surface area (Å²) in [5.41, 5.74) is -1.63. The molecule has 0 bridgehead atoms. The zero-order valence-corrected chi connectivity index (χ0v) is 23.1. The van der Waals surface area contributed by atoms with Crippen LogP contribution in [-0.4, -0.2) is 51.1 Å². The van der Waals surface area contributed by atoms with Crippen LogP contribution in [0.2, 0.25) is 0 Å². The van der Waals surface area contributed by atoms with Gasteiger partial charge in [0, 0.05) is 18.1 Å². The molecule has 1 unspecified atom stereocenters. The van der Waals surface area contributed by atoms with Gasteiger partial charge in [-0.2, -0.15) is 0 Å². The van der Waals surface area contributed by atoms with Crippen molar-refractivity contribution >= 4 is 18.2 Å². The Morgan fingerprint density at radius 3 is 1.27 bits per heavy atom. The second-order valence-corrected chi connectivity index (χ2v) is 11.7. The molecule has 0 aromatic carbocycles. The molecule has 216 valence electrons. The van der Waals surface area contributed by atoms with Crippen LogP contribution in [0.15, 0.2) is 29.4 Å². The highest BCUT2D eigenvalue weighted by Gasteiger charge is 2.34. The van der Waals surface area contributed by atoms with Crippen molar-refractivity contribution in [3.63, 3.8) is 0 Å². The normalized spacial score (nSPS) is 29.3. The van der Waals surface area contributed by atoms with Gasteiger partial charge in [-0.25, -0.2) is 57.4 Å². The van der Waals surface area contributed by atoms with Crippen molar-refractivity contribution in [3.05, 3.63) is 31.5 Å². The molecule has 1 aromatic rings. The summed E-state index contributed by atoms with van der Waals surface area (Å²) >= 11 is 0. The molecule has 1 atom stereocenters. The lowest BCUT2D eigenvalue weighted by Gasteiger charge is -2.34. The quantitative estimate of drug-likeness (QED) is 0.338. The van der Waals surface area contributed by atoms with Crippen LogP contribution in [0.3, 0.4) is 0 Å². The molecule has 1 aromatic heterocycles. The molecule has 0 N–H and O–H groups in total. The molecule has 3 saturated carbocycles. The Kier molecular flexibility index (Phi) is 10.2. The summed E-state index contributed by atoms with van der Waals surface area (Å²) in [5, 5.41) is 0. The first-order valence-corrected chi connectivity index (χ1v) is 14.5. The third kappa shape index (κ3) is 6.47. The van der Waals surface area contributed by atoms with Crippen LogP contribution in [0.5, 0.6) is 0 Å². The Morgan fingerprint density at radius 2 is 0.950 bits per heavy atom. The zero-order chi connectivity index (χ0) is 28.6. The average molecular weight is 555 g/mol. The molecule has 0 amide bonds. The summed E-state index contributed by atoms with van der Waals surface area (Å²) in [6.07, 6.45) is 12.7. The van der Waals surface area contributed by atoms with Crippen molar-refractivity contribution in [1.29, 1.82) is 0 Å². The first kappa shape index (κ1) is 29.5. The van der Waals surface area contributed by atoms with E-state index in [0.717, 1.165) is 25.7 Å². The lowest BCUT2D eigenvalue weighted by Crippen LogP contribution is -2.58. The van der Waals surface area contributed by atoms with Crippen LogP contribution in [0.25, 0.3) is 0 Å². The van der Waals surface area contributed by atoms with Crippen molar-refractivity contribution < 1.29 is 14.4 Å². The maximum absolute atomic E-state index is 13.9. The third-order valence-corrected chi connectivity index (χ3v) is 9.47. The first-order valence-electron chi connectivity index (χ1n) is 14.5. The van der Waals surface area contributed by atoms with Gasteiger partial charge in [0.1, 0.15) is 0 Å². The summed E-state index contributed by atoms with van der Waals surface area (Å²) in [4.78, 5) is 84.8. The van der Waals surface area contributed by atoms with Gasteiger partial charge in [0.05, 0.1) is 19.1 Å². The van der Waals surface area contributed by atoms with Gasteiger partial charge in [0.2, 0.25) is 18.2 Å². The van der Waals surface area contributed by atoms with E-state index in [-0.39, 0.29) is 41.9 Å². The van der Waals surface area contributed by atoms with E-state index in [0.29, 0.717) is 64.5 Å². The number of hydrogen-bond donors (Lipinski definition) is 0. The average Bonchev–Trinajstić information content (AvgIpc) is 2.97. The van der Waals surface area contributed by atoms with Crippen LogP contribution in [-0.2, 0) is 14.4 Å². The molecule has 0 spiro atoms. The predicted molar refractivity (Wildman–Crippen MR) is 146 cm³/mol. The van der Waals surface area contributed by atoms with Gasteiger partial charge < -0.3 is 0 Å². The van der Waals surface area contributed by atoms with E-state index >= 15 is 0 Å². The summed E-state index contributed by atoms with van der Waals surface area (Å²) < 4.78 is 3.94. The minimum absolute atomic E-state index is 0.168. The SMILES string of the molecule is CC(N=C=O)C1CCC(n2c(=O)n(C3CCC(CN=C=O)CC3)c(=O)n(C3CCC(CN=C=O)CC3)c2=O)CC1. The van der Waals surface area contributed by atoms with E-state index in [1.54, 1.807) is 18.2 Å². The summed E-state index contributed by atoms with van der Waals surface area (Å²) in [6.45, 7) is 2.66. The molecule has 4 rings (SSSR count). The molecule has 0 radical (unpaired) electrons. The number of hydrogen-bond acceptors (Lipinski definition) is 9. The van der Waals surface area contributed by atoms with E-state index in [9.17, 15) is 28.8 Å². The number of isocyanates is 3. The molecule has 3 aliphatic carbocycles. The third-order valence-electron chi connectivity index (χ3n) is 9.47. The highest BCUT2D eigenvalue weighted by atomic mass is 16.2. The smallest absolute Gasteiger partial charge is 0.247 e. The first-order chi connectivity index (χ1) is 19.4. The van der Waals surface area contributed by atoms with Crippen LogP contribution in [0, 0.1) is 17.8 Å². The van der Waals surface area contributed by atoms with Gasteiger partial charge in [0.25, 0.3) is 0 Å². The summed E-state index contributed by atoms with van der Waals surface area (Å²) in [6, 6.07) is -1.16. The predicted octanol–water partition coefficient (Wildman–Crippen LogP) is 2.76. The van der Waals surface area contributed by atoms with E-state index in [4.69, 9.17) is 0 Å². The largest absolute Gasteiger partial charge is 0.336 e. The van der Waals surface area contributed by atoms with Crippen molar-refractivity contribution in [2.45, 2.75) is 108 Å². The Morgan fingerprint density at radius 1 is 0.600 bits per heavy atom. The van der Waals surface area contributed by atoms with Crippen molar-refractivity contribution in [3.8, 4) is 0 Å². The number of nitrogens with zero attached hydrogens (tertiary/aromatic N) is 6. The van der Waals surface area contributed by atoms with Gasteiger partial charge in [0.15, 0.2) is 0 Å². The Bertz CT molecular complexity index is 1270. The van der Waals surface area contributed by atoms with E-state index < -0.39 is 17.1 Å². The van der Waals surface area contributed by atoms with Crippen LogP contribution in [0.1, 0.15) is 102 Å². The monoisotopic (exact) mass is 554 g/mol. The molecular weight excluding hydrogens is 516 g/mol. The van der Waals surface area contributed by atoms with Crippen LogP contribution in [0.4, 0.5) is 0 Å². The van der Waals surface area contributed by atoms with Gasteiger partial charge >= 0.3 is 17.1 Å². The molecule has 3 fully saturated rings. The molecule has 3 aliphatic rings. The van der Waals surface area contributed by atoms with E-state index in [1.807, 2.05) is 6.92 Å².